The quantitative estimate of drug-likeness (QED) is 0.780. The van der Waals surface area contributed by atoms with Crippen molar-refractivity contribution in [3.63, 3.8) is 0 Å². The van der Waals surface area contributed by atoms with Gasteiger partial charge in [0.05, 0.1) is 0 Å². The normalized spacial score (nSPS) is 18.3. The fraction of sp³-hybridized carbons (Fsp3) is 0.500. The van der Waals surface area contributed by atoms with Gasteiger partial charge in [0.2, 0.25) is 11.9 Å². The fourth-order valence-corrected chi connectivity index (χ4v) is 3.75. The van der Waals surface area contributed by atoms with Gasteiger partial charge < -0.3 is 10.6 Å². The number of nitrogens with zero attached hydrogens (tertiary/aromatic N) is 2. The molecule has 5 heteroatoms. The lowest BCUT2D eigenvalue weighted by atomic mass is 10.0. The molecule has 2 aliphatic carbocycles. The molecule has 2 saturated carbocycles. The number of hydrogen-bond acceptors (Lipinski definition) is 4. The van der Waals surface area contributed by atoms with Crippen molar-refractivity contribution in [2.24, 2.45) is 5.92 Å². The van der Waals surface area contributed by atoms with Crippen LogP contribution >= 0.6 is 0 Å². The Hall–Kier alpha value is -2.43. The number of nitrogens with one attached hydrogen (secondary N) is 2. The van der Waals surface area contributed by atoms with Gasteiger partial charge in [0, 0.05) is 36.0 Å². The molecule has 27 heavy (non-hydrogen) atoms. The maximum absolute atomic E-state index is 11.9. The Morgan fingerprint density at radius 3 is 2.33 bits per heavy atom. The summed E-state index contributed by atoms with van der Waals surface area (Å²) in [6.45, 7) is 2.07. The van der Waals surface area contributed by atoms with Gasteiger partial charge in [0.25, 0.3) is 0 Å². The predicted molar refractivity (Wildman–Crippen MR) is 107 cm³/mol. The summed E-state index contributed by atoms with van der Waals surface area (Å²) in [5, 5.41) is 6.53. The molecule has 4 rings (SSSR count). The second-order valence-electron chi connectivity index (χ2n) is 8.01. The van der Waals surface area contributed by atoms with Crippen LogP contribution < -0.4 is 10.6 Å². The molecule has 1 heterocycles. The van der Waals surface area contributed by atoms with Gasteiger partial charge >= 0.3 is 0 Å². The Morgan fingerprint density at radius 2 is 1.70 bits per heavy atom. The molecule has 2 N–H and O–H groups in total. The van der Waals surface area contributed by atoms with Gasteiger partial charge in [-0.1, -0.05) is 37.1 Å². The predicted octanol–water partition coefficient (Wildman–Crippen LogP) is 3.96. The second kappa shape index (κ2) is 8.07. The van der Waals surface area contributed by atoms with E-state index in [1.807, 2.05) is 12.4 Å². The smallest absolute Gasteiger partial charge is 0.223 e. The van der Waals surface area contributed by atoms with Crippen molar-refractivity contribution >= 4 is 11.9 Å². The Kier molecular flexibility index (Phi) is 5.37. The van der Waals surface area contributed by atoms with E-state index in [-0.39, 0.29) is 17.9 Å². The molecule has 5 nitrogen and oxygen atoms in total. The maximum atomic E-state index is 11.9. The van der Waals surface area contributed by atoms with E-state index in [1.165, 1.54) is 31.2 Å². The summed E-state index contributed by atoms with van der Waals surface area (Å²) in [5.41, 5.74) is 3.36. The van der Waals surface area contributed by atoms with Gasteiger partial charge in [0.15, 0.2) is 0 Å². The SMILES string of the molecule is CC(Cc1ccc(-c2cnc(NC3CCCC3)nc2)cc1)NC(=O)C1CC1. The highest BCUT2D eigenvalue weighted by Gasteiger charge is 2.30. The van der Waals surface area contributed by atoms with Gasteiger partial charge in [-0.05, 0) is 50.2 Å². The Bertz CT molecular complexity index is 762. The summed E-state index contributed by atoms with van der Waals surface area (Å²) in [7, 11) is 0. The Morgan fingerprint density at radius 1 is 1.04 bits per heavy atom. The van der Waals surface area contributed by atoms with Crippen LogP contribution in [0, 0.1) is 5.92 Å². The summed E-state index contributed by atoms with van der Waals surface area (Å²) in [6, 6.07) is 9.14. The van der Waals surface area contributed by atoms with Crippen LogP contribution in [0.4, 0.5) is 5.95 Å². The summed E-state index contributed by atoms with van der Waals surface area (Å²) in [4.78, 5) is 20.8. The third-order valence-electron chi connectivity index (χ3n) is 5.51. The molecule has 0 bridgehead atoms. The van der Waals surface area contributed by atoms with Crippen LogP contribution in [0.3, 0.4) is 0 Å². The van der Waals surface area contributed by atoms with Crippen LogP contribution in [0.25, 0.3) is 11.1 Å². The molecule has 142 valence electrons. The molecule has 2 aromatic rings. The van der Waals surface area contributed by atoms with Crippen LogP contribution in [0.15, 0.2) is 36.7 Å². The molecule has 0 aliphatic heterocycles. The van der Waals surface area contributed by atoms with Crippen molar-refractivity contribution in [1.82, 2.24) is 15.3 Å². The summed E-state index contributed by atoms with van der Waals surface area (Å²) in [5.74, 6) is 1.20. The van der Waals surface area contributed by atoms with Gasteiger partial charge in [-0.15, -0.1) is 0 Å². The third-order valence-corrected chi connectivity index (χ3v) is 5.51. The van der Waals surface area contributed by atoms with Crippen LogP contribution in [-0.2, 0) is 11.2 Å². The average molecular weight is 364 g/mol. The van der Waals surface area contributed by atoms with Crippen molar-refractivity contribution in [1.29, 1.82) is 0 Å². The highest BCUT2D eigenvalue weighted by molar-refractivity contribution is 5.81. The molecule has 0 spiro atoms. The lowest BCUT2D eigenvalue weighted by Crippen LogP contribution is -2.35. The molecule has 0 saturated heterocycles. The monoisotopic (exact) mass is 364 g/mol. The Labute approximate surface area is 161 Å². The van der Waals surface area contributed by atoms with Crippen LogP contribution in [-0.4, -0.2) is 28.0 Å². The minimum absolute atomic E-state index is 0.160. The molecule has 2 aliphatic rings. The third kappa shape index (κ3) is 4.85. The number of rotatable bonds is 7. The first-order valence-electron chi connectivity index (χ1n) is 10.2. The number of amides is 1. The zero-order valence-electron chi connectivity index (χ0n) is 15.9. The fourth-order valence-electron chi connectivity index (χ4n) is 3.75. The van der Waals surface area contributed by atoms with E-state index < -0.39 is 0 Å². The van der Waals surface area contributed by atoms with Crippen molar-refractivity contribution in [3.05, 3.63) is 42.2 Å². The summed E-state index contributed by atoms with van der Waals surface area (Å²) in [6.07, 6.45) is 11.7. The molecule has 1 amide bonds. The zero-order chi connectivity index (χ0) is 18.6. The molecular formula is C22H28N4O. The summed E-state index contributed by atoms with van der Waals surface area (Å²) >= 11 is 0. The number of benzene rings is 1. The standard InChI is InChI=1S/C22H28N4O/c1-15(25-21(27)18-10-11-18)12-16-6-8-17(9-7-16)19-13-23-22(24-14-19)26-20-4-2-3-5-20/h6-9,13-15,18,20H,2-5,10-12H2,1H3,(H,25,27)(H,23,24,26). The van der Waals surface area contributed by atoms with E-state index in [0.29, 0.717) is 6.04 Å². The first-order valence-corrected chi connectivity index (χ1v) is 10.2. The van der Waals surface area contributed by atoms with Gasteiger partial charge in [-0.3, -0.25) is 4.79 Å². The van der Waals surface area contributed by atoms with E-state index in [2.05, 4.69) is 51.8 Å². The molecule has 1 aromatic carbocycles. The maximum Gasteiger partial charge on any atom is 0.223 e. The number of aromatic nitrogens is 2. The van der Waals surface area contributed by atoms with E-state index in [0.717, 1.165) is 36.3 Å². The lowest BCUT2D eigenvalue weighted by Gasteiger charge is -2.14. The number of carbonyl (C=O) groups excluding carboxylic acids is 1. The van der Waals surface area contributed by atoms with Gasteiger partial charge in [-0.25, -0.2) is 9.97 Å². The van der Waals surface area contributed by atoms with E-state index in [4.69, 9.17) is 0 Å². The highest BCUT2D eigenvalue weighted by atomic mass is 16.2. The van der Waals surface area contributed by atoms with Crippen LogP contribution in [0.5, 0.6) is 0 Å². The van der Waals surface area contributed by atoms with E-state index >= 15 is 0 Å². The van der Waals surface area contributed by atoms with Crippen LogP contribution in [0.2, 0.25) is 0 Å². The molecule has 1 atom stereocenters. The number of carbonyl (C=O) groups is 1. The molecular weight excluding hydrogens is 336 g/mol. The first kappa shape index (κ1) is 18.0. The van der Waals surface area contributed by atoms with Crippen molar-refractivity contribution < 1.29 is 4.79 Å². The minimum atomic E-state index is 0.160. The molecule has 0 radical (unpaired) electrons. The van der Waals surface area contributed by atoms with E-state index in [1.54, 1.807) is 0 Å². The van der Waals surface area contributed by atoms with Crippen molar-refractivity contribution in [3.8, 4) is 11.1 Å². The molecule has 2 fully saturated rings. The first-order chi connectivity index (χ1) is 13.2. The minimum Gasteiger partial charge on any atom is -0.353 e. The summed E-state index contributed by atoms with van der Waals surface area (Å²) < 4.78 is 0. The van der Waals surface area contributed by atoms with Gasteiger partial charge in [0.1, 0.15) is 0 Å². The van der Waals surface area contributed by atoms with Crippen molar-refractivity contribution in [2.45, 2.75) is 64.0 Å². The topological polar surface area (TPSA) is 66.9 Å². The number of hydrogen-bond donors (Lipinski definition) is 2. The molecule has 1 aromatic heterocycles. The Balaban J connectivity index is 1.33. The average Bonchev–Trinajstić information content (AvgIpc) is 3.41. The van der Waals surface area contributed by atoms with Gasteiger partial charge in [-0.2, -0.15) is 0 Å². The largest absolute Gasteiger partial charge is 0.353 e. The van der Waals surface area contributed by atoms with Crippen molar-refractivity contribution in [2.75, 3.05) is 5.32 Å². The number of anilines is 1. The highest BCUT2D eigenvalue weighted by Crippen LogP contribution is 2.29. The lowest BCUT2D eigenvalue weighted by molar-refractivity contribution is -0.122. The molecule has 1 unspecified atom stereocenters. The van der Waals surface area contributed by atoms with E-state index in [9.17, 15) is 4.79 Å². The zero-order valence-corrected chi connectivity index (χ0v) is 15.9. The van der Waals surface area contributed by atoms with Crippen LogP contribution in [0.1, 0.15) is 51.0 Å². The second-order valence-corrected chi connectivity index (χ2v) is 8.01.